The van der Waals surface area contributed by atoms with Crippen LogP contribution in [0.5, 0.6) is 5.75 Å². The Labute approximate surface area is 181 Å². The molecule has 1 amide bonds. The largest absolute Gasteiger partial charge is 0.490 e. The minimum Gasteiger partial charge on any atom is -0.490 e. The second-order valence-corrected chi connectivity index (χ2v) is 9.89. The van der Waals surface area contributed by atoms with E-state index in [9.17, 15) is 4.79 Å². The monoisotopic (exact) mass is 475 g/mol. The maximum absolute atomic E-state index is 12.6. The lowest BCUT2D eigenvalue weighted by Crippen LogP contribution is -2.54. The van der Waals surface area contributed by atoms with Crippen LogP contribution in [0, 0.1) is 5.92 Å². The van der Waals surface area contributed by atoms with Crippen molar-refractivity contribution < 1.29 is 9.53 Å². The molecule has 5 rings (SSSR count). The molecule has 7 nitrogen and oxygen atoms in total. The van der Waals surface area contributed by atoms with E-state index in [1.807, 2.05) is 19.2 Å². The van der Waals surface area contributed by atoms with E-state index < -0.39 is 5.54 Å². The van der Waals surface area contributed by atoms with Crippen LogP contribution in [0.25, 0.3) is 0 Å². The number of nitrogens with two attached hydrogens (primary N) is 1. The smallest absolute Gasteiger partial charge is 0.271 e. The third-order valence-electron chi connectivity index (χ3n) is 6.11. The van der Waals surface area contributed by atoms with Crippen LogP contribution in [0.1, 0.15) is 35.3 Å². The first kappa shape index (κ1) is 19.0. The van der Waals surface area contributed by atoms with Gasteiger partial charge in [0.2, 0.25) is 0 Å². The van der Waals surface area contributed by atoms with Crippen LogP contribution >= 0.6 is 27.7 Å². The number of nitrogens with one attached hydrogen (secondary N) is 1. The highest BCUT2D eigenvalue weighted by Gasteiger charge is 2.54. The van der Waals surface area contributed by atoms with E-state index in [0.717, 1.165) is 40.8 Å². The maximum atomic E-state index is 12.6. The van der Waals surface area contributed by atoms with Crippen LogP contribution in [0.3, 0.4) is 0 Å². The Kier molecular flexibility index (Phi) is 4.62. The van der Waals surface area contributed by atoms with Gasteiger partial charge in [-0.2, -0.15) is 0 Å². The van der Waals surface area contributed by atoms with Gasteiger partial charge in [0, 0.05) is 41.0 Å². The third kappa shape index (κ3) is 3.24. The first-order chi connectivity index (χ1) is 13.9. The Morgan fingerprint density at radius 3 is 3.03 bits per heavy atom. The van der Waals surface area contributed by atoms with Crippen LogP contribution in [-0.2, 0) is 12.6 Å². The first-order valence-electron chi connectivity index (χ1n) is 9.68. The third-order valence-corrected chi connectivity index (χ3v) is 7.57. The van der Waals surface area contributed by atoms with E-state index in [-0.39, 0.29) is 24.0 Å². The van der Waals surface area contributed by atoms with Crippen molar-refractivity contribution in [3.8, 4) is 5.75 Å². The number of carbonyl (C=O) groups excluding carboxylic acids is 1. The van der Waals surface area contributed by atoms with Gasteiger partial charge in [0.1, 0.15) is 23.1 Å². The maximum Gasteiger partial charge on any atom is 0.271 e. The minimum absolute atomic E-state index is 0.0574. The number of fused-ring (bicyclic) bond motifs is 4. The lowest BCUT2D eigenvalue weighted by atomic mass is 9.67. The van der Waals surface area contributed by atoms with Gasteiger partial charge < -0.3 is 20.4 Å². The second-order valence-electron chi connectivity index (χ2n) is 7.97. The Morgan fingerprint density at radius 2 is 2.31 bits per heavy atom. The van der Waals surface area contributed by atoms with Crippen molar-refractivity contribution >= 4 is 38.8 Å². The zero-order valence-electron chi connectivity index (χ0n) is 16.0. The number of imidazole rings is 1. The molecular weight excluding hydrogens is 454 g/mol. The zero-order valence-corrected chi connectivity index (χ0v) is 18.4. The van der Waals surface area contributed by atoms with Crippen molar-refractivity contribution in [2.45, 2.75) is 36.9 Å². The molecule has 1 aromatic heterocycles. The molecule has 4 unspecified atom stereocenters. The van der Waals surface area contributed by atoms with Gasteiger partial charge in [0.15, 0.2) is 5.17 Å². The van der Waals surface area contributed by atoms with Gasteiger partial charge in [-0.25, -0.2) is 9.98 Å². The molecule has 1 spiro atoms. The van der Waals surface area contributed by atoms with Crippen molar-refractivity contribution in [1.29, 1.82) is 0 Å². The summed E-state index contributed by atoms with van der Waals surface area (Å²) in [5, 5.41) is 3.79. The molecule has 1 aliphatic carbocycles. The number of carbonyl (C=O) groups is 1. The number of amidine groups is 1. The molecule has 1 aromatic carbocycles. The van der Waals surface area contributed by atoms with Crippen molar-refractivity contribution in [2.24, 2.45) is 23.7 Å². The van der Waals surface area contributed by atoms with Gasteiger partial charge in [-0.3, -0.25) is 4.79 Å². The molecule has 9 heteroatoms. The van der Waals surface area contributed by atoms with E-state index in [0.29, 0.717) is 10.9 Å². The predicted molar refractivity (Wildman–Crippen MR) is 116 cm³/mol. The van der Waals surface area contributed by atoms with E-state index in [4.69, 9.17) is 15.5 Å². The summed E-state index contributed by atoms with van der Waals surface area (Å²) < 4.78 is 9.16. The normalized spacial score (nSPS) is 30.3. The molecule has 3 N–H and O–H groups in total. The molecule has 2 aromatic rings. The standard InChI is InChI=1S/C20H22BrN5O2S/c1-26-8-15(23-10-26)18(27)24-12-3-5-17-14(7-12)20(9-29-19(22)25-20)13-6-11(21)2-4-16(13)28-17/h2,4,6,8,10,12,14,17H,3,5,7,9H2,1H3,(H2,22,25)(H,24,27). The molecule has 3 heterocycles. The summed E-state index contributed by atoms with van der Waals surface area (Å²) in [4.78, 5) is 21.7. The number of aryl methyl sites for hydroxylation is 1. The highest BCUT2D eigenvalue weighted by molar-refractivity contribution is 9.10. The fourth-order valence-electron chi connectivity index (χ4n) is 4.79. The lowest BCUT2D eigenvalue weighted by Gasteiger charge is -2.48. The summed E-state index contributed by atoms with van der Waals surface area (Å²) in [7, 11) is 1.86. The van der Waals surface area contributed by atoms with Gasteiger partial charge in [-0.15, -0.1) is 0 Å². The van der Waals surface area contributed by atoms with Crippen LogP contribution < -0.4 is 15.8 Å². The van der Waals surface area contributed by atoms with Gasteiger partial charge in [-0.05, 0) is 37.5 Å². The highest BCUT2D eigenvalue weighted by atomic mass is 79.9. The number of ether oxygens (including phenoxy) is 1. The molecule has 4 atom stereocenters. The molecule has 0 saturated heterocycles. The van der Waals surface area contributed by atoms with Crippen LogP contribution in [0.15, 0.2) is 40.2 Å². The number of halogens is 1. The molecule has 1 fully saturated rings. The van der Waals surface area contributed by atoms with E-state index in [1.165, 1.54) is 0 Å². The number of aromatic nitrogens is 2. The van der Waals surface area contributed by atoms with Gasteiger partial charge in [0.25, 0.3) is 5.91 Å². The number of nitrogens with zero attached hydrogens (tertiary/aromatic N) is 3. The summed E-state index contributed by atoms with van der Waals surface area (Å²) in [6.45, 7) is 0. The van der Waals surface area contributed by atoms with Crippen LogP contribution in [0.4, 0.5) is 0 Å². The summed E-state index contributed by atoms with van der Waals surface area (Å²) in [5.41, 5.74) is 7.24. The van der Waals surface area contributed by atoms with E-state index >= 15 is 0 Å². The fraction of sp³-hybridized carbons (Fsp3) is 0.450. The number of thioether (sulfide) groups is 1. The molecular formula is C20H22BrN5O2S. The fourth-order valence-corrected chi connectivity index (χ4v) is 6.18. The quantitative estimate of drug-likeness (QED) is 0.696. The van der Waals surface area contributed by atoms with Gasteiger partial charge >= 0.3 is 0 Å². The Hall–Kier alpha value is -2.00. The average molecular weight is 476 g/mol. The van der Waals surface area contributed by atoms with Crippen molar-refractivity contribution in [1.82, 2.24) is 14.9 Å². The highest BCUT2D eigenvalue weighted by Crippen LogP contribution is 2.54. The summed E-state index contributed by atoms with van der Waals surface area (Å²) in [6.07, 6.45) is 5.98. The number of aliphatic imine (C=N–C) groups is 1. The Balaban J connectivity index is 1.45. The number of hydrogen-bond donors (Lipinski definition) is 2. The Morgan fingerprint density at radius 1 is 1.45 bits per heavy atom. The number of benzene rings is 1. The molecule has 0 bridgehead atoms. The zero-order chi connectivity index (χ0) is 20.2. The second kappa shape index (κ2) is 7.05. The number of hydrogen-bond acceptors (Lipinski definition) is 6. The predicted octanol–water partition coefficient (Wildman–Crippen LogP) is 2.80. The Bertz CT molecular complexity index is 1010. The number of amides is 1. The topological polar surface area (TPSA) is 94.5 Å². The molecule has 1 saturated carbocycles. The molecule has 3 aliphatic rings. The molecule has 29 heavy (non-hydrogen) atoms. The molecule has 0 radical (unpaired) electrons. The minimum atomic E-state index is -0.412. The van der Waals surface area contributed by atoms with E-state index in [2.05, 4.69) is 32.3 Å². The lowest BCUT2D eigenvalue weighted by molar-refractivity contribution is 0.0155. The summed E-state index contributed by atoms with van der Waals surface area (Å²) >= 11 is 5.19. The molecule has 2 aliphatic heterocycles. The average Bonchev–Trinajstić information content (AvgIpc) is 3.30. The van der Waals surface area contributed by atoms with E-state index in [1.54, 1.807) is 28.9 Å². The molecule has 152 valence electrons. The summed E-state index contributed by atoms with van der Waals surface area (Å²) in [6, 6.07) is 6.17. The van der Waals surface area contributed by atoms with Crippen LogP contribution in [0.2, 0.25) is 0 Å². The SMILES string of the molecule is Cn1cnc(C(=O)NC2CCC3Oc4ccc(Br)cc4C4(CSC(N)=N4)C3C2)c1. The van der Waals surface area contributed by atoms with Gasteiger partial charge in [-0.1, -0.05) is 27.7 Å². The van der Waals surface area contributed by atoms with Crippen molar-refractivity contribution in [3.05, 3.63) is 46.5 Å². The van der Waals surface area contributed by atoms with Crippen LogP contribution in [-0.4, -0.2) is 38.5 Å². The van der Waals surface area contributed by atoms with Crippen molar-refractivity contribution in [3.63, 3.8) is 0 Å². The van der Waals surface area contributed by atoms with Crippen molar-refractivity contribution in [2.75, 3.05) is 5.75 Å². The first-order valence-corrected chi connectivity index (χ1v) is 11.5. The van der Waals surface area contributed by atoms with Gasteiger partial charge in [0.05, 0.1) is 6.33 Å². The number of rotatable bonds is 2. The summed E-state index contributed by atoms with van der Waals surface area (Å²) in [5.74, 6) is 1.71.